The van der Waals surface area contributed by atoms with E-state index in [4.69, 9.17) is 15.2 Å². The monoisotopic (exact) mass is 224 g/mol. The van der Waals surface area contributed by atoms with Crippen LogP contribution in [-0.4, -0.2) is 24.7 Å². The first kappa shape index (κ1) is 12.4. The molecule has 1 aromatic heterocycles. The maximum absolute atomic E-state index is 11.2. The van der Waals surface area contributed by atoms with Gasteiger partial charge in [0.05, 0.1) is 31.9 Å². The third-order valence-electron chi connectivity index (χ3n) is 2.03. The summed E-state index contributed by atoms with van der Waals surface area (Å²) in [5.74, 6) is 0.163. The Kier molecular flexibility index (Phi) is 4.72. The largest absolute Gasteiger partial charge is 0.481 e. The van der Waals surface area contributed by atoms with Gasteiger partial charge in [0.2, 0.25) is 5.88 Å². The molecule has 0 saturated heterocycles. The highest BCUT2D eigenvalue weighted by Crippen LogP contribution is 2.15. The molecule has 0 unspecified atom stereocenters. The van der Waals surface area contributed by atoms with Crippen molar-refractivity contribution in [2.24, 2.45) is 5.73 Å². The summed E-state index contributed by atoms with van der Waals surface area (Å²) in [5.41, 5.74) is 6.45. The molecule has 0 aliphatic heterocycles. The highest BCUT2D eigenvalue weighted by Gasteiger charge is 2.14. The number of nitrogens with two attached hydrogens (primary N) is 1. The minimum Gasteiger partial charge on any atom is -0.481 e. The first-order valence-corrected chi connectivity index (χ1v) is 5.09. The lowest BCUT2D eigenvalue weighted by molar-refractivity contribution is -0.143. The molecular formula is C11H16N2O3. The van der Waals surface area contributed by atoms with Crippen LogP contribution in [0.15, 0.2) is 18.2 Å². The van der Waals surface area contributed by atoms with Gasteiger partial charge in [-0.1, -0.05) is 6.07 Å². The summed E-state index contributed by atoms with van der Waals surface area (Å²) < 4.78 is 9.79. The van der Waals surface area contributed by atoms with Gasteiger partial charge in [0.1, 0.15) is 0 Å². The van der Waals surface area contributed by atoms with E-state index in [1.54, 1.807) is 25.1 Å². The van der Waals surface area contributed by atoms with Gasteiger partial charge in [0, 0.05) is 6.07 Å². The molecule has 0 aliphatic carbocycles. The van der Waals surface area contributed by atoms with Crippen molar-refractivity contribution in [1.82, 2.24) is 4.98 Å². The van der Waals surface area contributed by atoms with Crippen molar-refractivity contribution in [2.75, 3.05) is 13.7 Å². The molecule has 0 fully saturated rings. The SMILES string of the molecule is CCOC(=O)C[C@@H](N)c1cccc(OC)n1. The zero-order valence-corrected chi connectivity index (χ0v) is 9.47. The van der Waals surface area contributed by atoms with Gasteiger partial charge in [-0.25, -0.2) is 4.98 Å². The number of nitrogens with zero attached hydrogens (tertiary/aromatic N) is 1. The van der Waals surface area contributed by atoms with Crippen molar-refractivity contribution in [3.05, 3.63) is 23.9 Å². The molecular weight excluding hydrogens is 208 g/mol. The lowest BCUT2D eigenvalue weighted by Gasteiger charge is -2.10. The smallest absolute Gasteiger partial charge is 0.307 e. The van der Waals surface area contributed by atoms with Crippen LogP contribution in [0.3, 0.4) is 0 Å². The summed E-state index contributed by atoms with van der Waals surface area (Å²) in [4.78, 5) is 15.4. The Morgan fingerprint density at radius 2 is 2.31 bits per heavy atom. The zero-order valence-electron chi connectivity index (χ0n) is 9.47. The third-order valence-corrected chi connectivity index (χ3v) is 2.03. The number of ether oxygens (including phenoxy) is 2. The molecule has 0 aromatic carbocycles. The Balaban J connectivity index is 2.64. The van der Waals surface area contributed by atoms with E-state index in [-0.39, 0.29) is 12.4 Å². The Labute approximate surface area is 94.6 Å². The number of esters is 1. The maximum atomic E-state index is 11.2. The van der Waals surface area contributed by atoms with Gasteiger partial charge in [-0.3, -0.25) is 4.79 Å². The van der Waals surface area contributed by atoms with Crippen molar-refractivity contribution in [3.63, 3.8) is 0 Å². The van der Waals surface area contributed by atoms with Crippen LogP contribution < -0.4 is 10.5 Å². The van der Waals surface area contributed by atoms with Crippen LogP contribution in [0.25, 0.3) is 0 Å². The van der Waals surface area contributed by atoms with Gasteiger partial charge >= 0.3 is 5.97 Å². The first-order valence-electron chi connectivity index (χ1n) is 5.09. The fourth-order valence-electron chi connectivity index (χ4n) is 1.26. The summed E-state index contributed by atoms with van der Waals surface area (Å²) in [6.45, 7) is 2.12. The lowest BCUT2D eigenvalue weighted by Crippen LogP contribution is -2.18. The molecule has 0 aliphatic rings. The fourth-order valence-corrected chi connectivity index (χ4v) is 1.26. The van der Waals surface area contributed by atoms with E-state index in [1.165, 1.54) is 7.11 Å². The van der Waals surface area contributed by atoms with E-state index in [1.807, 2.05) is 0 Å². The molecule has 5 nitrogen and oxygen atoms in total. The first-order chi connectivity index (χ1) is 7.67. The summed E-state index contributed by atoms with van der Waals surface area (Å²) >= 11 is 0. The number of methoxy groups -OCH3 is 1. The molecule has 2 N–H and O–H groups in total. The Bertz CT molecular complexity index is 355. The summed E-state index contributed by atoms with van der Waals surface area (Å²) in [6, 6.07) is 4.80. The topological polar surface area (TPSA) is 74.4 Å². The Morgan fingerprint density at radius 1 is 1.56 bits per heavy atom. The zero-order chi connectivity index (χ0) is 12.0. The van der Waals surface area contributed by atoms with Crippen LogP contribution >= 0.6 is 0 Å². The summed E-state index contributed by atoms with van der Waals surface area (Å²) in [6.07, 6.45) is 0.119. The minimum absolute atomic E-state index is 0.119. The van der Waals surface area contributed by atoms with Gasteiger partial charge in [-0.15, -0.1) is 0 Å². The normalized spacial score (nSPS) is 11.9. The molecule has 1 heterocycles. The molecule has 1 rings (SSSR count). The number of carbonyl (C=O) groups is 1. The highest BCUT2D eigenvalue weighted by molar-refractivity contribution is 5.70. The number of rotatable bonds is 5. The average molecular weight is 224 g/mol. The van der Waals surface area contributed by atoms with Crippen LogP contribution in [0, 0.1) is 0 Å². The van der Waals surface area contributed by atoms with Crippen LogP contribution in [-0.2, 0) is 9.53 Å². The molecule has 1 atom stereocenters. The van der Waals surface area contributed by atoms with E-state index >= 15 is 0 Å². The number of pyridine rings is 1. The lowest BCUT2D eigenvalue weighted by atomic mass is 10.1. The summed E-state index contributed by atoms with van der Waals surface area (Å²) in [5, 5.41) is 0. The van der Waals surface area contributed by atoms with E-state index in [2.05, 4.69) is 4.98 Å². The van der Waals surface area contributed by atoms with Gasteiger partial charge in [-0.2, -0.15) is 0 Å². The molecule has 88 valence electrons. The van der Waals surface area contributed by atoms with E-state index in [0.717, 1.165) is 0 Å². The second kappa shape index (κ2) is 6.07. The second-order valence-electron chi connectivity index (χ2n) is 3.22. The van der Waals surface area contributed by atoms with Gasteiger partial charge in [0.25, 0.3) is 0 Å². The van der Waals surface area contributed by atoms with E-state index in [0.29, 0.717) is 18.2 Å². The summed E-state index contributed by atoms with van der Waals surface area (Å²) in [7, 11) is 1.53. The number of carbonyl (C=O) groups excluding carboxylic acids is 1. The molecule has 0 amide bonds. The second-order valence-corrected chi connectivity index (χ2v) is 3.22. The van der Waals surface area contributed by atoms with Crippen molar-refractivity contribution in [3.8, 4) is 5.88 Å². The van der Waals surface area contributed by atoms with Gasteiger partial charge in [-0.05, 0) is 13.0 Å². The quantitative estimate of drug-likeness (QED) is 0.756. The molecule has 5 heteroatoms. The molecule has 1 aromatic rings. The number of hydrogen-bond acceptors (Lipinski definition) is 5. The Morgan fingerprint density at radius 3 is 2.94 bits per heavy atom. The fraction of sp³-hybridized carbons (Fsp3) is 0.455. The predicted molar refractivity (Wildman–Crippen MR) is 59.0 cm³/mol. The third kappa shape index (κ3) is 3.51. The molecule has 16 heavy (non-hydrogen) atoms. The standard InChI is InChI=1S/C11H16N2O3/c1-3-16-11(14)7-8(12)9-5-4-6-10(13-9)15-2/h4-6,8H,3,7,12H2,1-2H3/t8-/m1/s1. The Hall–Kier alpha value is -1.62. The van der Waals surface area contributed by atoms with E-state index in [9.17, 15) is 4.79 Å². The molecule has 0 saturated carbocycles. The van der Waals surface area contributed by atoms with Crippen molar-refractivity contribution in [1.29, 1.82) is 0 Å². The van der Waals surface area contributed by atoms with E-state index < -0.39 is 6.04 Å². The van der Waals surface area contributed by atoms with Crippen molar-refractivity contribution in [2.45, 2.75) is 19.4 Å². The number of aromatic nitrogens is 1. The van der Waals surface area contributed by atoms with Crippen molar-refractivity contribution < 1.29 is 14.3 Å². The van der Waals surface area contributed by atoms with Crippen molar-refractivity contribution >= 4 is 5.97 Å². The van der Waals surface area contributed by atoms with Crippen LogP contribution in [0.1, 0.15) is 25.1 Å². The maximum Gasteiger partial charge on any atom is 0.307 e. The van der Waals surface area contributed by atoms with Crippen LogP contribution in [0.4, 0.5) is 0 Å². The van der Waals surface area contributed by atoms with Gasteiger partial charge in [0.15, 0.2) is 0 Å². The predicted octanol–water partition coefficient (Wildman–Crippen LogP) is 1.04. The average Bonchev–Trinajstić information content (AvgIpc) is 2.29. The minimum atomic E-state index is -0.464. The molecule has 0 spiro atoms. The van der Waals surface area contributed by atoms with Crippen LogP contribution in [0.2, 0.25) is 0 Å². The van der Waals surface area contributed by atoms with Crippen LogP contribution in [0.5, 0.6) is 5.88 Å². The highest BCUT2D eigenvalue weighted by atomic mass is 16.5. The van der Waals surface area contributed by atoms with Gasteiger partial charge < -0.3 is 15.2 Å². The molecule has 0 radical (unpaired) electrons. The molecule has 0 bridgehead atoms. The number of hydrogen-bond donors (Lipinski definition) is 1.